The summed E-state index contributed by atoms with van der Waals surface area (Å²) in [4.78, 5) is 34.4. The number of carbonyl (C=O) groups excluding carboxylic acids is 3. The second-order valence-corrected chi connectivity index (χ2v) is 5.77. The maximum absolute atomic E-state index is 11.9. The Balaban J connectivity index is 2.18. The molecule has 0 aromatic rings. The zero-order valence-corrected chi connectivity index (χ0v) is 13.0. The number of nitrogens with one attached hydrogen (secondary N) is 3. The van der Waals surface area contributed by atoms with Gasteiger partial charge in [0, 0.05) is 26.4 Å². The average Bonchev–Trinajstić information content (AvgIpc) is 2.44. The highest BCUT2D eigenvalue weighted by molar-refractivity contribution is 5.87. The molecule has 6 heteroatoms. The third-order valence-electron chi connectivity index (χ3n) is 3.77. The summed E-state index contributed by atoms with van der Waals surface area (Å²) >= 11 is 0. The largest absolute Gasteiger partial charge is 0.355 e. The van der Waals surface area contributed by atoms with E-state index in [-0.39, 0.29) is 17.7 Å². The number of hydrogen-bond acceptors (Lipinski definition) is 3. The molecule has 1 aliphatic rings. The van der Waals surface area contributed by atoms with E-state index in [0.29, 0.717) is 25.4 Å². The van der Waals surface area contributed by atoms with E-state index in [9.17, 15) is 14.4 Å². The van der Waals surface area contributed by atoms with Crippen LogP contribution in [0.25, 0.3) is 0 Å². The highest BCUT2D eigenvalue weighted by Gasteiger charge is 2.20. The molecule has 120 valence electrons. The van der Waals surface area contributed by atoms with Crippen molar-refractivity contribution in [3.05, 3.63) is 0 Å². The van der Waals surface area contributed by atoms with E-state index in [0.717, 1.165) is 12.8 Å². The Hall–Kier alpha value is -1.59. The summed E-state index contributed by atoms with van der Waals surface area (Å²) in [5.74, 6) is 0.0654. The normalized spacial score (nSPS) is 16.9. The molecule has 3 amide bonds. The SMILES string of the molecule is CC(=O)NCCNC(=O)[C@@H](C)NC(=O)CC1CCCCC1. The van der Waals surface area contributed by atoms with E-state index in [4.69, 9.17) is 0 Å². The molecule has 1 saturated carbocycles. The van der Waals surface area contributed by atoms with Gasteiger partial charge in [-0.05, 0) is 25.7 Å². The van der Waals surface area contributed by atoms with Crippen molar-refractivity contribution in [1.29, 1.82) is 0 Å². The Kier molecular flexibility index (Phi) is 7.79. The topological polar surface area (TPSA) is 87.3 Å². The molecule has 0 heterocycles. The first-order valence-electron chi connectivity index (χ1n) is 7.80. The molecule has 0 radical (unpaired) electrons. The number of carbonyl (C=O) groups is 3. The lowest BCUT2D eigenvalue weighted by atomic mass is 9.87. The molecule has 1 fully saturated rings. The van der Waals surface area contributed by atoms with E-state index in [1.165, 1.54) is 26.2 Å². The van der Waals surface area contributed by atoms with Crippen LogP contribution >= 0.6 is 0 Å². The summed E-state index contributed by atoms with van der Waals surface area (Å²) in [7, 11) is 0. The molecule has 1 rings (SSSR count). The lowest BCUT2D eigenvalue weighted by Gasteiger charge is -2.22. The molecule has 0 bridgehead atoms. The van der Waals surface area contributed by atoms with Crippen LogP contribution in [-0.2, 0) is 14.4 Å². The lowest BCUT2D eigenvalue weighted by Crippen LogP contribution is -2.46. The summed E-state index contributed by atoms with van der Waals surface area (Å²) in [6.07, 6.45) is 6.43. The molecule has 0 unspecified atom stereocenters. The van der Waals surface area contributed by atoms with Crippen LogP contribution in [0, 0.1) is 5.92 Å². The van der Waals surface area contributed by atoms with Crippen molar-refractivity contribution in [3.63, 3.8) is 0 Å². The van der Waals surface area contributed by atoms with Crippen molar-refractivity contribution in [3.8, 4) is 0 Å². The maximum atomic E-state index is 11.9. The highest BCUT2D eigenvalue weighted by Crippen LogP contribution is 2.26. The van der Waals surface area contributed by atoms with E-state index < -0.39 is 6.04 Å². The predicted octanol–water partition coefficient (Wildman–Crippen LogP) is 0.714. The quantitative estimate of drug-likeness (QED) is 0.605. The van der Waals surface area contributed by atoms with Crippen LogP contribution in [0.2, 0.25) is 0 Å². The van der Waals surface area contributed by atoms with Gasteiger partial charge in [-0.2, -0.15) is 0 Å². The fourth-order valence-corrected chi connectivity index (χ4v) is 2.60. The monoisotopic (exact) mass is 297 g/mol. The third-order valence-corrected chi connectivity index (χ3v) is 3.77. The predicted molar refractivity (Wildman–Crippen MR) is 80.5 cm³/mol. The van der Waals surface area contributed by atoms with Crippen molar-refractivity contribution in [1.82, 2.24) is 16.0 Å². The number of rotatable bonds is 7. The molecule has 6 nitrogen and oxygen atoms in total. The molecule has 0 aliphatic heterocycles. The van der Waals surface area contributed by atoms with Crippen LogP contribution in [0.4, 0.5) is 0 Å². The summed E-state index contributed by atoms with van der Waals surface area (Å²) in [5.41, 5.74) is 0. The standard InChI is InChI=1S/C15H27N3O3/c1-11(15(21)17-9-8-16-12(2)19)18-14(20)10-13-6-4-3-5-7-13/h11,13H,3-10H2,1-2H3,(H,16,19)(H,17,21)(H,18,20)/t11-/m1/s1. The molecule has 0 aromatic carbocycles. The van der Waals surface area contributed by atoms with Gasteiger partial charge in [0.1, 0.15) is 6.04 Å². The third kappa shape index (κ3) is 7.68. The minimum absolute atomic E-state index is 0.0496. The van der Waals surface area contributed by atoms with Crippen molar-refractivity contribution in [2.24, 2.45) is 5.92 Å². The summed E-state index contributed by atoms with van der Waals surface area (Å²) in [6.45, 7) is 3.85. The van der Waals surface area contributed by atoms with Crippen molar-refractivity contribution in [2.75, 3.05) is 13.1 Å². The first kappa shape index (κ1) is 17.5. The molecule has 1 aliphatic carbocycles. The van der Waals surface area contributed by atoms with Gasteiger partial charge >= 0.3 is 0 Å². The highest BCUT2D eigenvalue weighted by atomic mass is 16.2. The van der Waals surface area contributed by atoms with Crippen molar-refractivity contribution in [2.45, 2.75) is 58.4 Å². The number of hydrogen-bond donors (Lipinski definition) is 3. The van der Waals surface area contributed by atoms with Crippen LogP contribution in [0.1, 0.15) is 52.4 Å². The van der Waals surface area contributed by atoms with Crippen LogP contribution in [0.3, 0.4) is 0 Å². The average molecular weight is 297 g/mol. The van der Waals surface area contributed by atoms with Gasteiger partial charge in [0.2, 0.25) is 17.7 Å². The van der Waals surface area contributed by atoms with Crippen LogP contribution in [-0.4, -0.2) is 36.9 Å². The Morgan fingerprint density at radius 3 is 2.29 bits per heavy atom. The van der Waals surface area contributed by atoms with Gasteiger partial charge in [0.15, 0.2) is 0 Å². The van der Waals surface area contributed by atoms with E-state index in [1.54, 1.807) is 6.92 Å². The molecular weight excluding hydrogens is 270 g/mol. The fraction of sp³-hybridized carbons (Fsp3) is 0.800. The summed E-state index contributed by atoms with van der Waals surface area (Å²) in [6, 6.07) is -0.543. The Morgan fingerprint density at radius 1 is 1.05 bits per heavy atom. The molecule has 21 heavy (non-hydrogen) atoms. The van der Waals surface area contributed by atoms with Gasteiger partial charge in [-0.1, -0.05) is 19.3 Å². The van der Waals surface area contributed by atoms with Crippen molar-refractivity contribution >= 4 is 17.7 Å². The zero-order chi connectivity index (χ0) is 15.7. The lowest BCUT2D eigenvalue weighted by molar-refractivity contribution is -0.129. The van der Waals surface area contributed by atoms with E-state index in [1.807, 2.05) is 0 Å². The summed E-state index contributed by atoms with van der Waals surface area (Å²) in [5, 5.41) is 8.01. The van der Waals surface area contributed by atoms with Crippen molar-refractivity contribution < 1.29 is 14.4 Å². The minimum Gasteiger partial charge on any atom is -0.355 e. The van der Waals surface area contributed by atoms with Gasteiger partial charge in [0.25, 0.3) is 0 Å². The Labute approximate surface area is 126 Å². The molecule has 0 spiro atoms. The van der Waals surface area contributed by atoms with Crippen LogP contribution in [0.15, 0.2) is 0 Å². The molecule has 0 saturated heterocycles. The minimum atomic E-state index is -0.543. The van der Waals surface area contributed by atoms with Gasteiger partial charge in [0.05, 0.1) is 0 Å². The van der Waals surface area contributed by atoms with Gasteiger partial charge in [-0.3, -0.25) is 14.4 Å². The van der Waals surface area contributed by atoms with Gasteiger partial charge in [-0.15, -0.1) is 0 Å². The number of amides is 3. The van der Waals surface area contributed by atoms with Gasteiger partial charge < -0.3 is 16.0 Å². The Morgan fingerprint density at radius 2 is 1.67 bits per heavy atom. The fourth-order valence-electron chi connectivity index (χ4n) is 2.60. The van der Waals surface area contributed by atoms with Crippen LogP contribution < -0.4 is 16.0 Å². The zero-order valence-electron chi connectivity index (χ0n) is 13.0. The second kappa shape index (κ2) is 9.37. The van der Waals surface area contributed by atoms with Gasteiger partial charge in [-0.25, -0.2) is 0 Å². The molecule has 0 aromatic heterocycles. The Bertz CT molecular complexity index is 365. The second-order valence-electron chi connectivity index (χ2n) is 5.77. The van der Waals surface area contributed by atoms with E-state index >= 15 is 0 Å². The maximum Gasteiger partial charge on any atom is 0.242 e. The van der Waals surface area contributed by atoms with E-state index in [2.05, 4.69) is 16.0 Å². The first-order chi connectivity index (χ1) is 9.99. The molecule has 3 N–H and O–H groups in total. The van der Waals surface area contributed by atoms with Crippen LogP contribution in [0.5, 0.6) is 0 Å². The smallest absolute Gasteiger partial charge is 0.242 e. The summed E-state index contributed by atoms with van der Waals surface area (Å²) < 4.78 is 0. The molecule has 1 atom stereocenters. The first-order valence-corrected chi connectivity index (χ1v) is 7.80. The molecular formula is C15H27N3O3.